The highest BCUT2D eigenvalue weighted by molar-refractivity contribution is 7.94. The van der Waals surface area contributed by atoms with E-state index in [1.54, 1.807) is 0 Å². The molecule has 0 radical (unpaired) electrons. The van der Waals surface area contributed by atoms with Gasteiger partial charge in [0.2, 0.25) is 0 Å². The second-order valence-electron chi connectivity index (χ2n) is 6.45. The van der Waals surface area contributed by atoms with Crippen LogP contribution in [0.25, 0.3) is 0 Å². The molecule has 1 fully saturated rings. The Labute approximate surface area is 138 Å². The molecule has 6 heteroatoms. The number of aliphatic hydroxyl groups is 1. The molecule has 0 bridgehead atoms. The molecule has 1 heterocycles. The van der Waals surface area contributed by atoms with Crippen LogP contribution >= 0.6 is 0 Å². The van der Waals surface area contributed by atoms with Crippen molar-refractivity contribution in [2.45, 2.75) is 82.5 Å². The van der Waals surface area contributed by atoms with E-state index in [1.807, 2.05) is 0 Å². The molecule has 4 nitrogen and oxygen atoms in total. The topological polar surface area (TPSA) is 71.4 Å². The Hall–Kier alpha value is 0.0600. The Balaban J connectivity index is 2.00. The van der Waals surface area contributed by atoms with Crippen molar-refractivity contribution in [1.29, 1.82) is 0 Å². The largest absolute Gasteiger partial charge is 0.391 e. The second-order valence-corrected chi connectivity index (χ2v) is 10.4. The number of hydrogen-bond acceptors (Lipinski definition) is 4. The predicted molar refractivity (Wildman–Crippen MR) is 93.3 cm³/mol. The van der Waals surface area contributed by atoms with E-state index in [2.05, 4.69) is 6.92 Å². The molecular weight excluding hydrogens is 320 g/mol. The van der Waals surface area contributed by atoms with Crippen molar-refractivity contribution in [2.75, 3.05) is 17.3 Å². The highest BCUT2D eigenvalue weighted by atomic mass is 32.2. The minimum Gasteiger partial charge on any atom is -0.391 e. The van der Waals surface area contributed by atoms with E-state index in [9.17, 15) is 17.7 Å². The molecule has 0 spiro atoms. The lowest BCUT2D eigenvalue weighted by Crippen LogP contribution is -2.30. The first-order valence-corrected chi connectivity index (χ1v) is 11.9. The molecular formula is C16H32O4S2. The van der Waals surface area contributed by atoms with Crippen LogP contribution in [-0.4, -0.2) is 46.3 Å². The molecule has 3 atom stereocenters. The van der Waals surface area contributed by atoms with E-state index in [4.69, 9.17) is 0 Å². The summed E-state index contributed by atoms with van der Waals surface area (Å²) in [5.74, 6) is 0.188. The Morgan fingerprint density at radius 3 is 1.86 bits per heavy atom. The zero-order valence-electron chi connectivity index (χ0n) is 13.8. The number of hydrogen-bond donors (Lipinski definition) is 1. The summed E-state index contributed by atoms with van der Waals surface area (Å²) >= 11 is 0. The van der Waals surface area contributed by atoms with Crippen molar-refractivity contribution in [3.8, 4) is 0 Å². The summed E-state index contributed by atoms with van der Waals surface area (Å²) in [4.78, 5) is 0. The molecule has 0 aromatic rings. The summed E-state index contributed by atoms with van der Waals surface area (Å²) in [6, 6.07) is 0. The molecule has 0 unspecified atom stereocenters. The van der Waals surface area contributed by atoms with E-state index >= 15 is 0 Å². The fourth-order valence-electron chi connectivity index (χ4n) is 2.93. The molecule has 0 aromatic carbocycles. The van der Waals surface area contributed by atoms with E-state index in [0.29, 0.717) is 5.75 Å². The molecule has 0 amide bonds. The van der Waals surface area contributed by atoms with Crippen LogP contribution in [0.3, 0.4) is 0 Å². The number of aliphatic hydroxyl groups excluding tert-OH is 1. The van der Waals surface area contributed by atoms with E-state index in [1.165, 1.54) is 44.9 Å². The molecule has 1 N–H and O–H groups in total. The lowest BCUT2D eigenvalue weighted by atomic mass is 10.1. The maximum absolute atomic E-state index is 12.1. The molecule has 1 aliphatic rings. The van der Waals surface area contributed by atoms with Crippen molar-refractivity contribution in [3.63, 3.8) is 0 Å². The molecule has 22 heavy (non-hydrogen) atoms. The van der Waals surface area contributed by atoms with Crippen molar-refractivity contribution in [1.82, 2.24) is 0 Å². The van der Waals surface area contributed by atoms with Gasteiger partial charge in [-0.05, 0) is 6.42 Å². The van der Waals surface area contributed by atoms with E-state index in [0.717, 1.165) is 19.3 Å². The summed E-state index contributed by atoms with van der Waals surface area (Å²) in [6.07, 6.45) is 11.3. The van der Waals surface area contributed by atoms with Crippen LogP contribution in [-0.2, 0) is 20.6 Å². The van der Waals surface area contributed by atoms with Gasteiger partial charge in [-0.3, -0.25) is 4.21 Å². The Morgan fingerprint density at radius 1 is 0.909 bits per heavy atom. The third-order valence-electron chi connectivity index (χ3n) is 4.31. The molecule has 0 aromatic heterocycles. The summed E-state index contributed by atoms with van der Waals surface area (Å²) < 4.78 is 34.9. The van der Waals surface area contributed by atoms with E-state index in [-0.39, 0.29) is 11.5 Å². The molecule has 1 saturated heterocycles. The average molecular weight is 353 g/mol. The Morgan fingerprint density at radius 2 is 1.41 bits per heavy atom. The van der Waals surface area contributed by atoms with Gasteiger partial charge in [-0.25, -0.2) is 8.42 Å². The summed E-state index contributed by atoms with van der Waals surface area (Å²) in [7, 11) is -4.40. The molecule has 1 aliphatic heterocycles. The fraction of sp³-hybridized carbons (Fsp3) is 1.00. The van der Waals surface area contributed by atoms with Crippen molar-refractivity contribution in [2.24, 2.45) is 0 Å². The zero-order valence-corrected chi connectivity index (χ0v) is 15.5. The minimum absolute atomic E-state index is 0.113. The second kappa shape index (κ2) is 10.8. The SMILES string of the molecule is CCCCCCCCCCCC[S@](=O)[C@@H]1CS(=O)(=O)C[C@H]1O. The number of sulfone groups is 1. The van der Waals surface area contributed by atoms with Crippen LogP contribution in [0.5, 0.6) is 0 Å². The van der Waals surface area contributed by atoms with Crippen LogP contribution < -0.4 is 0 Å². The standard InChI is InChI=1S/C16H32O4S2/c1-2-3-4-5-6-7-8-9-10-11-12-21(18)16-14-22(19,20)13-15(16)17/h15-17H,2-14H2,1H3/t15-,16-,21+/m1/s1. The molecule has 0 aliphatic carbocycles. The van der Waals surface area contributed by atoms with Crippen LogP contribution in [0.4, 0.5) is 0 Å². The highest BCUT2D eigenvalue weighted by Gasteiger charge is 2.39. The van der Waals surface area contributed by atoms with Gasteiger partial charge in [0.1, 0.15) is 0 Å². The summed E-state index contributed by atoms with van der Waals surface area (Å²) in [5.41, 5.74) is 0. The molecule has 0 saturated carbocycles. The van der Waals surface area contributed by atoms with Crippen molar-refractivity contribution >= 4 is 20.6 Å². The first kappa shape index (κ1) is 20.1. The van der Waals surface area contributed by atoms with Crippen LogP contribution in [0.15, 0.2) is 0 Å². The van der Waals surface area contributed by atoms with Crippen molar-refractivity contribution in [3.05, 3.63) is 0 Å². The van der Waals surface area contributed by atoms with Gasteiger partial charge < -0.3 is 5.11 Å². The third-order valence-corrected chi connectivity index (χ3v) is 8.08. The predicted octanol–water partition coefficient (Wildman–Crippen LogP) is 2.81. The lowest BCUT2D eigenvalue weighted by molar-refractivity contribution is 0.206. The molecule has 132 valence electrons. The first-order chi connectivity index (χ1) is 10.5. The Bertz CT molecular complexity index is 420. The minimum atomic E-state index is -3.19. The van der Waals surface area contributed by atoms with Gasteiger partial charge in [-0.2, -0.15) is 0 Å². The maximum Gasteiger partial charge on any atom is 0.154 e. The van der Waals surface area contributed by atoms with Gasteiger partial charge in [0, 0.05) is 16.6 Å². The quantitative estimate of drug-likeness (QED) is 0.548. The van der Waals surface area contributed by atoms with Gasteiger partial charge in [0.05, 0.1) is 22.9 Å². The van der Waals surface area contributed by atoms with Gasteiger partial charge >= 0.3 is 0 Å². The first-order valence-electron chi connectivity index (χ1n) is 8.72. The summed E-state index contributed by atoms with van der Waals surface area (Å²) in [6.45, 7) is 2.23. The van der Waals surface area contributed by atoms with E-state index < -0.39 is 32.0 Å². The van der Waals surface area contributed by atoms with Gasteiger partial charge in [-0.1, -0.05) is 64.7 Å². The summed E-state index contributed by atoms with van der Waals surface area (Å²) in [5, 5.41) is 9.12. The normalized spacial score (nSPS) is 25.4. The highest BCUT2D eigenvalue weighted by Crippen LogP contribution is 2.19. The zero-order chi connectivity index (χ0) is 16.4. The molecule has 1 rings (SSSR count). The van der Waals surface area contributed by atoms with Gasteiger partial charge in [0.15, 0.2) is 9.84 Å². The maximum atomic E-state index is 12.1. The third kappa shape index (κ3) is 8.06. The number of rotatable bonds is 12. The van der Waals surface area contributed by atoms with Crippen LogP contribution in [0, 0.1) is 0 Å². The smallest absolute Gasteiger partial charge is 0.154 e. The van der Waals surface area contributed by atoms with Crippen molar-refractivity contribution < 1.29 is 17.7 Å². The lowest BCUT2D eigenvalue weighted by Gasteiger charge is -2.12. The monoisotopic (exact) mass is 352 g/mol. The average Bonchev–Trinajstić information content (AvgIpc) is 2.74. The van der Waals surface area contributed by atoms with Crippen LogP contribution in [0.1, 0.15) is 71.1 Å². The fourth-order valence-corrected chi connectivity index (χ4v) is 7.13. The van der Waals surface area contributed by atoms with Gasteiger partial charge in [-0.15, -0.1) is 0 Å². The number of unbranched alkanes of at least 4 members (excludes halogenated alkanes) is 9. The van der Waals surface area contributed by atoms with Gasteiger partial charge in [0.25, 0.3) is 0 Å². The Kier molecular flexibility index (Phi) is 9.84. The van der Waals surface area contributed by atoms with Crippen LogP contribution in [0.2, 0.25) is 0 Å².